The van der Waals surface area contributed by atoms with Crippen molar-refractivity contribution in [3.05, 3.63) is 72.6 Å². The fraction of sp³-hybridized carbons (Fsp3) is 0.400. The number of carbonyl (C=O) groups is 1. The lowest BCUT2D eigenvalue weighted by atomic mass is 10.1. The molecule has 5 aromatic rings. The summed E-state index contributed by atoms with van der Waals surface area (Å²) in [6, 6.07) is 19.6. The topological polar surface area (TPSA) is 140 Å². The number of hydrogen-bond donors (Lipinski definition) is 2. The summed E-state index contributed by atoms with van der Waals surface area (Å²) in [6.07, 6.45) is 2.12. The third kappa shape index (κ3) is 7.93. The van der Waals surface area contributed by atoms with E-state index < -0.39 is 19.8 Å². The number of unbranched alkanes of at least 4 members (excludes halogenated alkanes) is 1. The van der Waals surface area contributed by atoms with Gasteiger partial charge in [-0.2, -0.15) is 5.09 Å². The predicted octanol–water partition coefficient (Wildman–Crippen LogP) is 7.72. The molecule has 0 saturated carbocycles. The molecule has 0 radical (unpaired) electrons. The van der Waals surface area contributed by atoms with Crippen LogP contribution in [0.15, 0.2) is 66.7 Å². The number of rotatable bonds is 16. The number of nitrogens with one attached hydrogen (secondary N) is 1. The number of esters is 1. The Morgan fingerprint density at radius 3 is 2.45 bits per heavy atom. The average molecular weight is 662 g/mol. The van der Waals surface area contributed by atoms with E-state index >= 15 is 0 Å². The van der Waals surface area contributed by atoms with Gasteiger partial charge in [0.25, 0.3) is 0 Å². The molecule has 0 amide bonds. The first-order chi connectivity index (χ1) is 22.6. The van der Waals surface area contributed by atoms with Crippen molar-refractivity contribution in [3.63, 3.8) is 0 Å². The van der Waals surface area contributed by atoms with Gasteiger partial charge in [0.05, 0.1) is 29.8 Å². The van der Waals surface area contributed by atoms with Crippen LogP contribution in [0, 0.1) is 0 Å². The Kier molecular flexibility index (Phi) is 11.1. The molecule has 0 bridgehead atoms. The zero-order valence-electron chi connectivity index (χ0n) is 27.6. The van der Waals surface area contributed by atoms with Crippen molar-refractivity contribution in [1.29, 1.82) is 0 Å². The normalized spacial score (nSPS) is 14.4. The third-order valence-corrected chi connectivity index (χ3v) is 9.41. The molecule has 0 spiro atoms. The SMILES string of the molecule is CCCC[C@H](CO[P@](=O)(N[C@@H](C)C(=O)OC(C)C)Oc1cccc2ccccc12)n1c(COCC)nc2c(N)nc3ccccc3c21. The second kappa shape index (κ2) is 15.3. The van der Waals surface area contributed by atoms with Crippen LogP contribution in [-0.2, 0) is 30.0 Å². The third-order valence-electron chi connectivity index (χ3n) is 7.78. The summed E-state index contributed by atoms with van der Waals surface area (Å²) >= 11 is 0. The molecular formula is C35H44N5O6P. The fourth-order valence-electron chi connectivity index (χ4n) is 5.59. The first-order valence-electron chi connectivity index (χ1n) is 16.2. The van der Waals surface area contributed by atoms with E-state index in [-0.39, 0.29) is 25.4 Å². The summed E-state index contributed by atoms with van der Waals surface area (Å²) in [4.78, 5) is 22.3. The molecule has 2 heterocycles. The Bertz CT molecular complexity index is 1890. The molecule has 11 nitrogen and oxygen atoms in total. The maximum Gasteiger partial charge on any atom is 0.459 e. The van der Waals surface area contributed by atoms with Crippen LogP contribution in [-0.4, -0.2) is 45.9 Å². The van der Waals surface area contributed by atoms with Gasteiger partial charge in [-0.15, -0.1) is 0 Å². The van der Waals surface area contributed by atoms with E-state index in [2.05, 4.69) is 21.6 Å². The van der Waals surface area contributed by atoms with Crippen LogP contribution in [0.25, 0.3) is 32.7 Å². The van der Waals surface area contributed by atoms with Gasteiger partial charge in [-0.05, 0) is 51.6 Å². The van der Waals surface area contributed by atoms with Gasteiger partial charge >= 0.3 is 13.7 Å². The minimum Gasteiger partial charge on any atom is -0.462 e. The number of nitrogens with two attached hydrogens (primary N) is 1. The van der Waals surface area contributed by atoms with E-state index in [1.54, 1.807) is 26.8 Å². The van der Waals surface area contributed by atoms with Crippen molar-refractivity contribution in [2.45, 2.75) is 78.7 Å². The van der Waals surface area contributed by atoms with E-state index in [0.717, 1.165) is 40.0 Å². The highest BCUT2D eigenvalue weighted by Gasteiger charge is 2.35. The van der Waals surface area contributed by atoms with Gasteiger partial charge in [-0.1, -0.05) is 74.4 Å². The van der Waals surface area contributed by atoms with Gasteiger partial charge < -0.3 is 24.3 Å². The lowest BCUT2D eigenvalue weighted by molar-refractivity contribution is -0.149. The fourth-order valence-corrected chi connectivity index (χ4v) is 7.13. The van der Waals surface area contributed by atoms with Gasteiger partial charge in [0.15, 0.2) is 5.82 Å². The highest BCUT2D eigenvalue weighted by molar-refractivity contribution is 7.52. The van der Waals surface area contributed by atoms with E-state index in [0.29, 0.717) is 35.9 Å². The molecular weight excluding hydrogens is 617 g/mol. The van der Waals surface area contributed by atoms with E-state index in [1.165, 1.54) is 0 Å². The van der Waals surface area contributed by atoms with E-state index in [4.69, 9.17) is 29.2 Å². The number of para-hydroxylation sites is 1. The van der Waals surface area contributed by atoms with Crippen LogP contribution >= 0.6 is 7.75 Å². The van der Waals surface area contributed by atoms with E-state index in [1.807, 2.05) is 67.6 Å². The largest absolute Gasteiger partial charge is 0.462 e. The maximum absolute atomic E-state index is 14.7. The molecule has 250 valence electrons. The number of anilines is 1. The molecule has 0 aliphatic rings. The number of carbonyl (C=O) groups excluding carboxylic acids is 1. The van der Waals surface area contributed by atoms with Crippen molar-refractivity contribution in [2.24, 2.45) is 0 Å². The van der Waals surface area contributed by atoms with Crippen LogP contribution in [0.5, 0.6) is 5.75 Å². The van der Waals surface area contributed by atoms with Gasteiger partial charge in [0.1, 0.15) is 29.7 Å². The molecule has 3 N–H and O–H groups in total. The highest BCUT2D eigenvalue weighted by atomic mass is 31.2. The molecule has 12 heteroatoms. The van der Waals surface area contributed by atoms with Crippen molar-refractivity contribution in [1.82, 2.24) is 19.6 Å². The summed E-state index contributed by atoms with van der Waals surface area (Å²) in [7, 11) is -4.19. The van der Waals surface area contributed by atoms with Crippen molar-refractivity contribution in [3.8, 4) is 5.75 Å². The first kappa shape index (κ1) is 34.3. The summed E-state index contributed by atoms with van der Waals surface area (Å²) in [5.41, 5.74) is 8.56. The second-order valence-corrected chi connectivity index (χ2v) is 13.4. The highest BCUT2D eigenvalue weighted by Crippen LogP contribution is 2.48. The monoisotopic (exact) mass is 661 g/mol. The van der Waals surface area contributed by atoms with Gasteiger partial charge in [0.2, 0.25) is 0 Å². The standard InChI is InChI=1S/C35H44N5O6P/c1-6-8-16-26(40-31(22-43-7-2)38-32-33(40)28-18-11-12-19-29(28)37-34(32)36)21-44-47(42,39-24(5)35(41)45-23(3)4)46-30-20-13-15-25-14-9-10-17-27(25)30/h9-15,17-20,23-24,26H,6-8,16,21-22H2,1-5H3,(H2,36,37)(H,39,42)/t24-,26+,47+/m0/s1. The number of nitrogen functional groups attached to an aromatic ring is 1. The van der Waals surface area contributed by atoms with Crippen LogP contribution in [0.1, 0.15) is 65.7 Å². The summed E-state index contributed by atoms with van der Waals surface area (Å²) < 4.78 is 40.6. The van der Waals surface area contributed by atoms with E-state index in [9.17, 15) is 9.36 Å². The lowest BCUT2D eigenvalue weighted by Crippen LogP contribution is -2.36. The van der Waals surface area contributed by atoms with Gasteiger partial charge in [0, 0.05) is 17.4 Å². The molecule has 47 heavy (non-hydrogen) atoms. The molecule has 0 saturated heterocycles. The Morgan fingerprint density at radius 1 is 0.979 bits per heavy atom. The zero-order valence-corrected chi connectivity index (χ0v) is 28.5. The van der Waals surface area contributed by atoms with Gasteiger partial charge in [-0.3, -0.25) is 9.32 Å². The molecule has 0 unspecified atom stereocenters. The zero-order chi connectivity index (χ0) is 33.6. The Hall–Kier alpha value is -4.02. The molecule has 5 rings (SSSR count). The van der Waals surface area contributed by atoms with Crippen LogP contribution < -0.4 is 15.3 Å². The molecule has 3 atom stereocenters. The van der Waals surface area contributed by atoms with Crippen LogP contribution in [0.3, 0.4) is 0 Å². The molecule has 2 aromatic heterocycles. The number of benzene rings is 3. The van der Waals surface area contributed by atoms with Crippen molar-refractivity contribution in [2.75, 3.05) is 18.9 Å². The Morgan fingerprint density at radius 2 is 1.70 bits per heavy atom. The Balaban J connectivity index is 1.57. The number of hydrogen-bond acceptors (Lipinski definition) is 9. The number of pyridine rings is 1. The number of aromatic nitrogens is 3. The van der Waals surface area contributed by atoms with Crippen LogP contribution in [0.4, 0.5) is 5.82 Å². The minimum absolute atomic E-state index is 0.0257. The predicted molar refractivity (Wildman–Crippen MR) is 185 cm³/mol. The summed E-state index contributed by atoms with van der Waals surface area (Å²) in [5.74, 6) is 0.767. The molecule has 3 aromatic carbocycles. The average Bonchev–Trinajstić information content (AvgIpc) is 3.44. The molecule has 0 aliphatic heterocycles. The van der Waals surface area contributed by atoms with Crippen molar-refractivity contribution < 1.29 is 27.9 Å². The van der Waals surface area contributed by atoms with Crippen molar-refractivity contribution >= 4 is 52.2 Å². The lowest BCUT2D eigenvalue weighted by Gasteiger charge is -2.27. The second-order valence-electron chi connectivity index (χ2n) is 11.7. The molecule has 0 fully saturated rings. The number of nitrogens with zero attached hydrogens (tertiary/aromatic N) is 3. The molecule has 0 aliphatic carbocycles. The minimum atomic E-state index is -4.19. The van der Waals surface area contributed by atoms with Crippen LogP contribution in [0.2, 0.25) is 0 Å². The number of imidazole rings is 1. The smallest absolute Gasteiger partial charge is 0.459 e. The number of fused-ring (bicyclic) bond motifs is 4. The Labute approximate surface area is 275 Å². The summed E-state index contributed by atoms with van der Waals surface area (Å²) in [5, 5.41) is 5.40. The maximum atomic E-state index is 14.7. The summed E-state index contributed by atoms with van der Waals surface area (Å²) in [6.45, 7) is 9.84. The first-order valence-corrected chi connectivity index (χ1v) is 17.7. The number of ether oxygens (including phenoxy) is 2. The van der Waals surface area contributed by atoms with Gasteiger partial charge in [-0.25, -0.2) is 14.5 Å². The quantitative estimate of drug-likeness (QED) is 0.0798.